The lowest BCUT2D eigenvalue weighted by molar-refractivity contribution is -0.123. The molecule has 0 heterocycles. The summed E-state index contributed by atoms with van der Waals surface area (Å²) in [5.74, 6) is -0.637. The molecular formula is C21H23ClN2O2. The Labute approximate surface area is 159 Å². The third-order valence-corrected chi connectivity index (χ3v) is 5.19. The van der Waals surface area contributed by atoms with E-state index in [1.165, 1.54) is 0 Å². The molecule has 0 radical (unpaired) electrons. The van der Waals surface area contributed by atoms with Crippen LogP contribution in [-0.4, -0.2) is 18.4 Å². The van der Waals surface area contributed by atoms with Crippen molar-refractivity contribution in [3.8, 4) is 0 Å². The Morgan fingerprint density at radius 3 is 2.58 bits per heavy atom. The average Bonchev–Trinajstić information content (AvgIpc) is 3.40. The Morgan fingerprint density at radius 1 is 1.15 bits per heavy atom. The quantitative estimate of drug-likeness (QED) is 0.837. The van der Waals surface area contributed by atoms with Crippen molar-refractivity contribution in [2.75, 3.05) is 16.8 Å². The molecule has 0 bridgehead atoms. The Kier molecular flexibility index (Phi) is 5.33. The molecule has 2 atom stereocenters. The monoisotopic (exact) mass is 370 g/mol. The third-order valence-electron chi connectivity index (χ3n) is 4.78. The molecule has 5 heteroatoms. The van der Waals surface area contributed by atoms with E-state index in [9.17, 15) is 9.59 Å². The van der Waals surface area contributed by atoms with Crippen molar-refractivity contribution < 1.29 is 9.59 Å². The van der Waals surface area contributed by atoms with E-state index in [1.54, 1.807) is 11.0 Å². The Hall–Kier alpha value is -2.33. The first kappa shape index (κ1) is 18.5. The number of aryl methyl sites for hydroxylation is 2. The largest absolute Gasteiger partial charge is 0.326 e. The van der Waals surface area contributed by atoms with Crippen molar-refractivity contribution in [3.63, 3.8) is 0 Å². The number of carbonyl (C=O) groups is 2. The van der Waals surface area contributed by atoms with Crippen LogP contribution in [0, 0.1) is 25.7 Å². The first-order valence-electron chi connectivity index (χ1n) is 8.85. The minimum atomic E-state index is -0.276. The van der Waals surface area contributed by atoms with Gasteiger partial charge >= 0.3 is 0 Å². The Balaban J connectivity index is 1.65. The molecule has 0 aromatic heterocycles. The molecule has 2 aromatic rings. The molecule has 1 N–H and O–H groups in total. The number of halogens is 1. The van der Waals surface area contributed by atoms with E-state index in [0.29, 0.717) is 23.7 Å². The minimum absolute atomic E-state index is 0.0141. The van der Waals surface area contributed by atoms with Crippen LogP contribution < -0.4 is 10.2 Å². The second kappa shape index (κ2) is 7.50. The van der Waals surface area contributed by atoms with Crippen LogP contribution in [0.3, 0.4) is 0 Å². The van der Waals surface area contributed by atoms with Gasteiger partial charge in [-0.3, -0.25) is 9.59 Å². The van der Waals surface area contributed by atoms with Crippen molar-refractivity contribution in [1.82, 2.24) is 0 Å². The van der Waals surface area contributed by atoms with E-state index in [0.717, 1.165) is 16.8 Å². The standard InChI is InChI=1S/C21H23ClN2O2/c1-4-24(16-7-5-6-13(2)10-16)21(26)18-12-17(18)20(25)23-15-9-8-14(3)19(22)11-15/h5-11,17-18H,4,12H2,1-3H3,(H,23,25). The maximum absolute atomic E-state index is 12.8. The number of hydrogen-bond donors (Lipinski definition) is 1. The van der Waals surface area contributed by atoms with Crippen molar-refractivity contribution in [1.29, 1.82) is 0 Å². The van der Waals surface area contributed by atoms with Crippen LogP contribution in [0.4, 0.5) is 11.4 Å². The highest BCUT2D eigenvalue weighted by Gasteiger charge is 2.49. The average molecular weight is 371 g/mol. The maximum atomic E-state index is 12.8. The summed E-state index contributed by atoms with van der Waals surface area (Å²) < 4.78 is 0. The van der Waals surface area contributed by atoms with E-state index in [2.05, 4.69) is 5.32 Å². The van der Waals surface area contributed by atoms with E-state index in [-0.39, 0.29) is 23.7 Å². The molecule has 1 aliphatic carbocycles. The van der Waals surface area contributed by atoms with Gasteiger partial charge in [0.25, 0.3) is 0 Å². The lowest BCUT2D eigenvalue weighted by atomic mass is 10.2. The molecule has 1 saturated carbocycles. The molecule has 0 spiro atoms. The molecule has 2 unspecified atom stereocenters. The first-order chi connectivity index (χ1) is 12.4. The molecule has 4 nitrogen and oxygen atoms in total. The van der Waals surface area contributed by atoms with Gasteiger partial charge in [-0.2, -0.15) is 0 Å². The normalized spacial score (nSPS) is 18.3. The summed E-state index contributed by atoms with van der Waals surface area (Å²) in [4.78, 5) is 27.1. The zero-order chi connectivity index (χ0) is 18.8. The number of nitrogens with zero attached hydrogens (tertiary/aromatic N) is 1. The molecule has 2 amide bonds. The van der Waals surface area contributed by atoms with Gasteiger partial charge in [0.05, 0.1) is 11.8 Å². The van der Waals surface area contributed by atoms with Gasteiger partial charge in [-0.05, 0) is 62.6 Å². The van der Waals surface area contributed by atoms with Crippen molar-refractivity contribution in [2.45, 2.75) is 27.2 Å². The smallest absolute Gasteiger partial charge is 0.230 e. The molecule has 136 valence electrons. The predicted molar refractivity (Wildman–Crippen MR) is 106 cm³/mol. The molecule has 3 rings (SSSR count). The second-order valence-electron chi connectivity index (χ2n) is 6.82. The second-order valence-corrected chi connectivity index (χ2v) is 7.23. The lowest BCUT2D eigenvalue weighted by Crippen LogP contribution is -2.33. The zero-order valence-electron chi connectivity index (χ0n) is 15.3. The van der Waals surface area contributed by atoms with Crippen molar-refractivity contribution >= 4 is 34.8 Å². The van der Waals surface area contributed by atoms with Gasteiger partial charge < -0.3 is 10.2 Å². The first-order valence-corrected chi connectivity index (χ1v) is 9.23. The number of amides is 2. The van der Waals surface area contributed by atoms with Gasteiger partial charge in [0.2, 0.25) is 11.8 Å². The van der Waals surface area contributed by atoms with Crippen LogP contribution in [0.5, 0.6) is 0 Å². The molecule has 26 heavy (non-hydrogen) atoms. The summed E-state index contributed by atoms with van der Waals surface area (Å²) in [6.45, 7) is 6.45. The number of benzene rings is 2. The SMILES string of the molecule is CCN(C(=O)C1CC1C(=O)Nc1ccc(C)c(Cl)c1)c1cccc(C)c1. The molecule has 0 aliphatic heterocycles. The van der Waals surface area contributed by atoms with Crippen LogP contribution in [0.2, 0.25) is 5.02 Å². The summed E-state index contributed by atoms with van der Waals surface area (Å²) >= 11 is 6.10. The van der Waals surface area contributed by atoms with Gasteiger partial charge in [0.1, 0.15) is 0 Å². The molecule has 1 aliphatic rings. The highest BCUT2D eigenvalue weighted by molar-refractivity contribution is 6.31. The number of hydrogen-bond acceptors (Lipinski definition) is 2. The highest BCUT2D eigenvalue weighted by atomic mass is 35.5. The summed E-state index contributed by atoms with van der Waals surface area (Å²) in [5, 5.41) is 3.48. The molecular weight excluding hydrogens is 348 g/mol. The fourth-order valence-corrected chi connectivity index (χ4v) is 3.31. The number of carbonyl (C=O) groups excluding carboxylic acids is 2. The van der Waals surface area contributed by atoms with Crippen molar-refractivity contribution in [2.24, 2.45) is 11.8 Å². The summed E-state index contributed by atoms with van der Waals surface area (Å²) in [6, 6.07) is 13.3. The molecule has 2 aromatic carbocycles. The van der Waals surface area contributed by atoms with Gasteiger partial charge in [-0.25, -0.2) is 0 Å². The van der Waals surface area contributed by atoms with E-state index in [4.69, 9.17) is 11.6 Å². The number of rotatable bonds is 5. The topological polar surface area (TPSA) is 49.4 Å². The number of nitrogens with one attached hydrogen (secondary N) is 1. The highest BCUT2D eigenvalue weighted by Crippen LogP contribution is 2.41. The lowest BCUT2D eigenvalue weighted by Gasteiger charge is -2.21. The van der Waals surface area contributed by atoms with Gasteiger partial charge in [0.15, 0.2) is 0 Å². The van der Waals surface area contributed by atoms with Crippen LogP contribution in [0.15, 0.2) is 42.5 Å². The van der Waals surface area contributed by atoms with Crippen molar-refractivity contribution in [3.05, 3.63) is 58.6 Å². The summed E-state index contributed by atoms with van der Waals surface area (Å²) in [6.07, 6.45) is 0.590. The molecule has 0 saturated heterocycles. The van der Waals surface area contributed by atoms with Crippen LogP contribution in [0.25, 0.3) is 0 Å². The van der Waals surface area contributed by atoms with Gasteiger partial charge in [-0.15, -0.1) is 0 Å². The van der Waals surface area contributed by atoms with Gasteiger partial charge in [-0.1, -0.05) is 29.8 Å². The Bertz CT molecular complexity index is 850. The summed E-state index contributed by atoms with van der Waals surface area (Å²) in [5.41, 5.74) is 3.61. The fourth-order valence-electron chi connectivity index (χ4n) is 3.12. The zero-order valence-corrected chi connectivity index (χ0v) is 16.0. The Morgan fingerprint density at radius 2 is 1.92 bits per heavy atom. The van der Waals surface area contributed by atoms with E-state index >= 15 is 0 Å². The summed E-state index contributed by atoms with van der Waals surface area (Å²) in [7, 11) is 0. The van der Waals surface area contributed by atoms with E-state index in [1.807, 2.05) is 57.2 Å². The number of anilines is 2. The maximum Gasteiger partial charge on any atom is 0.230 e. The van der Waals surface area contributed by atoms with Crippen LogP contribution >= 0.6 is 11.6 Å². The van der Waals surface area contributed by atoms with E-state index < -0.39 is 0 Å². The van der Waals surface area contributed by atoms with Crippen LogP contribution in [0.1, 0.15) is 24.5 Å². The predicted octanol–water partition coefficient (Wildman–Crippen LogP) is 4.58. The molecule has 1 fully saturated rings. The minimum Gasteiger partial charge on any atom is -0.326 e. The fraction of sp³-hybridized carbons (Fsp3) is 0.333. The van der Waals surface area contributed by atoms with Gasteiger partial charge in [0, 0.05) is 22.9 Å². The third kappa shape index (κ3) is 3.91. The van der Waals surface area contributed by atoms with Crippen LogP contribution in [-0.2, 0) is 9.59 Å².